The highest BCUT2D eigenvalue weighted by atomic mass is 31.1. The Labute approximate surface area is 84.2 Å². The SMILES string of the molecule is CC(N)CCCC(C[P+](=O)O)C(=O)O. The second kappa shape index (κ2) is 6.87. The molecule has 0 spiro atoms. The molecule has 0 radical (unpaired) electrons. The second-order valence-corrected chi connectivity index (χ2v) is 4.55. The van der Waals surface area contributed by atoms with Gasteiger partial charge in [0.15, 0.2) is 6.16 Å². The first-order chi connectivity index (χ1) is 6.43. The van der Waals surface area contributed by atoms with E-state index in [1.54, 1.807) is 0 Å². The summed E-state index contributed by atoms with van der Waals surface area (Å²) >= 11 is 0. The van der Waals surface area contributed by atoms with Gasteiger partial charge in [0.05, 0.1) is 0 Å². The topological polar surface area (TPSA) is 101 Å². The van der Waals surface area contributed by atoms with Crippen LogP contribution in [0.3, 0.4) is 0 Å². The summed E-state index contributed by atoms with van der Waals surface area (Å²) in [7, 11) is -2.37. The van der Waals surface area contributed by atoms with Crippen molar-refractivity contribution in [3.05, 3.63) is 0 Å². The highest BCUT2D eigenvalue weighted by Crippen LogP contribution is 2.22. The maximum atomic E-state index is 10.6. The lowest BCUT2D eigenvalue weighted by molar-refractivity contribution is -0.141. The normalized spacial score (nSPS) is 16.1. The molecule has 0 saturated heterocycles. The molecule has 0 aliphatic rings. The Morgan fingerprint density at radius 3 is 2.43 bits per heavy atom. The van der Waals surface area contributed by atoms with Crippen LogP contribution in [0.15, 0.2) is 0 Å². The van der Waals surface area contributed by atoms with Gasteiger partial charge in [0, 0.05) is 6.04 Å². The lowest BCUT2D eigenvalue weighted by atomic mass is 10.0. The predicted octanol–water partition coefficient (Wildman–Crippen LogP) is 0.939. The molecule has 0 aliphatic carbocycles. The third-order valence-electron chi connectivity index (χ3n) is 1.94. The first kappa shape index (κ1) is 13.5. The second-order valence-electron chi connectivity index (χ2n) is 3.48. The molecule has 0 heterocycles. The van der Waals surface area contributed by atoms with Crippen molar-refractivity contribution in [3.8, 4) is 0 Å². The molecule has 0 fully saturated rings. The van der Waals surface area contributed by atoms with Gasteiger partial charge in [0.2, 0.25) is 0 Å². The van der Waals surface area contributed by atoms with Crippen LogP contribution in [0.2, 0.25) is 0 Å². The third-order valence-corrected chi connectivity index (χ3v) is 2.69. The van der Waals surface area contributed by atoms with Crippen LogP contribution in [-0.2, 0) is 9.36 Å². The van der Waals surface area contributed by atoms with Crippen molar-refractivity contribution in [1.29, 1.82) is 0 Å². The Balaban J connectivity index is 3.86. The number of carboxylic acid groups (broad SMARTS) is 1. The highest BCUT2D eigenvalue weighted by Gasteiger charge is 2.27. The van der Waals surface area contributed by atoms with E-state index >= 15 is 0 Å². The molecule has 14 heavy (non-hydrogen) atoms. The maximum Gasteiger partial charge on any atom is 0.506 e. The van der Waals surface area contributed by atoms with Gasteiger partial charge < -0.3 is 10.8 Å². The minimum atomic E-state index is -2.37. The molecular weight excluding hydrogens is 205 g/mol. The number of carbonyl (C=O) groups is 1. The smallest absolute Gasteiger partial charge is 0.481 e. The first-order valence-corrected chi connectivity index (χ1v) is 5.95. The molecule has 4 N–H and O–H groups in total. The maximum absolute atomic E-state index is 10.6. The van der Waals surface area contributed by atoms with Crippen molar-refractivity contribution in [3.63, 3.8) is 0 Å². The van der Waals surface area contributed by atoms with E-state index in [2.05, 4.69) is 0 Å². The highest BCUT2D eigenvalue weighted by molar-refractivity contribution is 7.38. The van der Waals surface area contributed by atoms with Gasteiger partial charge in [-0.3, -0.25) is 4.79 Å². The van der Waals surface area contributed by atoms with Gasteiger partial charge in [-0.1, -0.05) is 6.42 Å². The van der Waals surface area contributed by atoms with Crippen LogP contribution in [0.1, 0.15) is 26.2 Å². The molecule has 82 valence electrons. The quantitative estimate of drug-likeness (QED) is 0.556. The van der Waals surface area contributed by atoms with Gasteiger partial charge in [-0.15, -0.1) is 0 Å². The van der Waals surface area contributed by atoms with Crippen LogP contribution in [0.5, 0.6) is 0 Å². The monoisotopic (exact) mass is 222 g/mol. The molecule has 0 amide bonds. The number of nitrogens with two attached hydrogens (primary N) is 1. The summed E-state index contributed by atoms with van der Waals surface area (Å²) in [6, 6.07) is 0.0485. The average Bonchev–Trinajstić information content (AvgIpc) is 2.00. The minimum absolute atomic E-state index is 0.0485. The molecule has 0 bridgehead atoms. The van der Waals surface area contributed by atoms with E-state index < -0.39 is 19.9 Å². The van der Waals surface area contributed by atoms with E-state index in [0.29, 0.717) is 12.8 Å². The average molecular weight is 222 g/mol. The van der Waals surface area contributed by atoms with Gasteiger partial charge in [-0.2, -0.15) is 4.89 Å². The van der Waals surface area contributed by atoms with E-state index in [4.69, 9.17) is 15.7 Å². The number of rotatable bonds is 7. The summed E-state index contributed by atoms with van der Waals surface area (Å²) in [6.45, 7) is 1.85. The van der Waals surface area contributed by atoms with Crippen LogP contribution in [0, 0.1) is 5.92 Å². The van der Waals surface area contributed by atoms with Crippen molar-refractivity contribution >= 4 is 14.0 Å². The minimum Gasteiger partial charge on any atom is -0.481 e. The van der Waals surface area contributed by atoms with Crippen molar-refractivity contribution < 1.29 is 19.4 Å². The van der Waals surface area contributed by atoms with E-state index in [9.17, 15) is 9.36 Å². The summed E-state index contributed by atoms with van der Waals surface area (Å²) in [5.41, 5.74) is 5.50. The molecular formula is C8H17NO4P+. The zero-order valence-corrected chi connectivity index (χ0v) is 9.11. The van der Waals surface area contributed by atoms with Crippen LogP contribution >= 0.6 is 8.03 Å². The van der Waals surface area contributed by atoms with Crippen molar-refractivity contribution in [2.45, 2.75) is 32.2 Å². The summed E-state index contributed by atoms with van der Waals surface area (Å²) < 4.78 is 10.5. The van der Waals surface area contributed by atoms with Gasteiger partial charge in [0.25, 0.3) is 0 Å². The van der Waals surface area contributed by atoms with E-state index in [-0.39, 0.29) is 12.2 Å². The van der Waals surface area contributed by atoms with Crippen LogP contribution < -0.4 is 5.73 Å². The van der Waals surface area contributed by atoms with Crippen molar-refractivity contribution in [1.82, 2.24) is 0 Å². The summed E-state index contributed by atoms with van der Waals surface area (Å²) in [6.07, 6.45) is 1.67. The van der Waals surface area contributed by atoms with Crippen molar-refractivity contribution in [2.24, 2.45) is 11.7 Å². The summed E-state index contributed by atoms with van der Waals surface area (Å²) in [5, 5.41) is 8.72. The van der Waals surface area contributed by atoms with Gasteiger partial charge in [0.1, 0.15) is 5.92 Å². The number of carboxylic acids is 1. The largest absolute Gasteiger partial charge is 0.506 e. The fourth-order valence-corrected chi connectivity index (χ4v) is 1.88. The number of hydrogen-bond acceptors (Lipinski definition) is 3. The lowest BCUT2D eigenvalue weighted by Gasteiger charge is -2.07. The summed E-state index contributed by atoms with van der Waals surface area (Å²) in [4.78, 5) is 19.2. The molecule has 0 aromatic rings. The molecule has 0 saturated carbocycles. The molecule has 3 unspecified atom stereocenters. The van der Waals surface area contributed by atoms with Gasteiger partial charge in [-0.05, 0) is 24.3 Å². The molecule has 0 aromatic carbocycles. The Morgan fingerprint density at radius 2 is 2.07 bits per heavy atom. The lowest BCUT2D eigenvalue weighted by Crippen LogP contribution is -2.19. The van der Waals surface area contributed by atoms with E-state index in [1.165, 1.54) is 0 Å². The van der Waals surface area contributed by atoms with Crippen LogP contribution in [0.25, 0.3) is 0 Å². The fourth-order valence-electron chi connectivity index (χ4n) is 1.17. The zero-order valence-electron chi connectivity index (χ0n) is 8.22. The molecule has 0 aliphatic heterocycles. The number of aliphatic carboxylic acids is 1. The molecule has 6 heteroatoms. The molecule has 0 aromatic heterocycles. The molecule has 5 nitrogen and oxygen atoms in total. The first-order valence-electron chi connectivity index (χ1n) is 4.55. The standard InChI is InChI=1S/C8H16NO4P/c1-6(9)3-2-4-7(8(10)11)5-14(12)13/h6-7H,2-5,9H2,1H3,(H-,10,11,12,13)/p+1. The Bertz CT molecular complexity index is 208. The molecule has 3 atom stereocenters. The van der Waals surface area contributed by atoms with Gasteiger partial charge in [-0.25, -0.2) is 0 Å². The number of hydrogen-bond donors (Lipinski definition) is 3. The Morgan fingerprint density at radius 1 is 1.50 bits per heavy atom. The fraction of sp³-hybridized carbons (Fsp3) is 0.875. The predicted molar refractivity (Wildman–Crippen MR) is 53.3 cm³/mol. The van der Waals surface area contributed by atoms with E-state index in [0.717, 1.165) is 6.42 Å². The van der Waals surface area contributed by atoms with Crippen molar-refractivity contribution in [2.75, 3.05) is 6.16 Å². The van der Waals surface area contributed by atoms with Gasteiger partial charge >= 0.3 is 14.0 Å². The third kappa shape index (κ3) is 6.95. The molecule has 0 rings (SSSR count). The Kier molecular flexibility index (Phi) is 6.62. The zero-order chi connectivity index (χ0) is 11.1. The summed E-state index contributed by atoms with van der Waals surface area (Å²) in [5.74, 6) is -1.73. The van der Waals surface area contributed by atoms with Crippen LogP contribution in [0.4, 0.5) is 0 Å². The van der Waals surface area contributed by atoms with E-state index in [1.807, 2.05) is 6.92 Å². The van der Waals surface area contributed by atoms with Crippen LogP contribution in [-0.4, -0.2) is 28.2 Å². The Hall–Kier alpha value is -0.510.